The molecule has 2 aromatic heterocycles. The summed E-state index contributed by atoms with van der Waals surface area (Å²) in [6.45, 7) is 1.89. The van der Waals surface area contributed by atoms with Gasteiger partial charge in [0.1, 0.15) is 29.3 Å². The Kier molecular flexibility index (Phi) is 7.17. The number of fused-ring (bicyclic) bond motifs is 1. The van der Waals surface area contributed by atoms with E-state index in [9.17, 15) is 4.79 Å². The van der Waals surface area contributed by atoms with Crippen LogP contribution < -0.4 is 15.2 Å². The van der Waals surface area contributed by atoms with Crippen molar-refractivity contribution in [2.24, 2.45) is 0 Å². The fraction of sp³-hybridized carbons (Fsp3) is 0.360. The van der Waals surface area contributed by atoms with Crippen LogP contribution in [0.1, 0.15) is 23.7 Å². The van der Waals surface area contributed by atoms with Gasteiger partial charge in [-0.3, -0.25) is 4.79 Å². The SMILES string of the molecule is COc1cc(C#Cc2nn(C3CCN(C(=O)C=CCN(C)C)C3)c3ncnc(N)c23)cc(OC)c1. The maximum absolute atomic E-state index is 12.6. The number of amides is 1. The van der Waals surface area contributed by atoms with Crippen LogP contribution in [-0.2, 0) is 4.79 Å². The number of aromatic nitrogens is 4. The van der Waals surface area contributed by atoms with E-state index < -0.39 is 0 Å². The fourth-order valence-electron chi connectivity index (χ4n) is 3.96. The van der Waals surface area contributed by atoms with Crippen LogP contribution in [0.15, 0.2) is 36.7 Å². The number of nitrogens with zero attached hydrogens (tertiary/aromatic N) is 6. The molecule has 3 aromatic rings. The van der Waals surface area contributed by atoms with Crippen molar-refractivity contribution in [3.8, 4) is 23.3 Å². The number of rotatable bonds is 6. The summed E-state index contributed by atoms with van der Waals surface area (Å²) in [4.78, 5) is 25.0. The average molecular weight is 476 g/mol. The number of benzene rings is 1. The Bertz CT molecular complexity index is 1300. The van der Waals surface area contributed by atoms with Gasteiger partial charge in [0.25, 0.3) is 0 Å². The molecule has 1 atom stereocenters. The van der Waals surface area contributed by atoms with Gasteiger partial charge in [0.15, 0.2) is 5.65 Å². The molecule has 1 aromatic carbocycles. The zero-order chi connectivity index (χ0) is 24.9. The molecule has 2 N–H and O–H groups in total. The van der Waals surface area contributed by atoms with Crippen LogP contribution in [0.25, 0.3) is 11.0 Å². The molecule has 1 unspecified atom stereocenters. The number of likely N-dealkylation sites (N-methyl/N-ethyl adjacent to an activating group) is 1. The lowest BCUT2D eigenvalue weighted by atomic mass is 10.2. The van der Waals surface area contributed by atoms with Crippen molar-refractivity contribution in [3.63, 3.8) is 0 Å². The molecule has 3 heterocycles. The summed E-state index contributed by atoms with van der Waals surface area (Å²) >= 11 is 0. The highest BCUT2D eigenvalue weighted by Crippen LogP contribution is 2.29. The van der Waals surface area contributed by atoms with Crippen LogP contribution in [-0.4, -0.2) is 83.4 Å². The first-order valence-corrected chi connectivity index (χ1v) is 11.2. The van der Waals surface area contributed by atoms with E-state index in [1.54, 1.807) is 26.4 Å². The van der Waals surface area contributed by atoms with Gasteiger partial charge in [-0.25, -0.2) is 14.6 Å². The molecule has 10 nitrogen and oxygen atoms in total. The van der Waals surface area contributed by atoms with Crippen molar-refractivity contribution >= 4 is 22.8 Å². The van der Waals surface area contributed by atoms with Crippen molar-refractivity contribution in [1.29, 1.82) is 0 Å². The third kappa shape index (κ3) is 5.36. The third-order valence-corrected chi connectivity index (χ3v) is 5.75. The van der Waals surface area contributed by atoms with Crippen molar-refractivity contribution in [3.05, 3.63) is 47.9 Å². The van der Waals surface area contributed by atoms with E-state index >= 15 is 0 Å². The first-order valence-electron chi connectivity index (χ1n) is 11.2. The van der Waals surface area contributed by atoms with Gasteiger partial charge in [-0.05, 0) is 38.6 Å². The minimum Gasteiger partial charge on any atom is -0.497 e. The second kappa shape index (κ2) is 10.4. The van der Waals surface area contributed by atoms with Gasteiger partial charge in [0, 0.05) is 37.3 Å². The van der Waals surface area contributed by atoms with Gasteiger partial charge in [-0.2, -0.15) is 5.10 Å². The fourth-order valence-corrected chi connectivity index (χ4v) is 3.96. The lowest BCUT2D eigenvalue weighted by Gasteiger charge is -2.15. The molecular formula is C25H29N7O3. The molecule has 1 aliphatic heterocycles. The lowest BCUT2D eigenvalue weighted by molar-refractivity contribution is -0.125. The molecule has 182 valence electrons. The van der Waals surface area contributed by atoms with E-state index in [0.29, 0.717) is 59.2 Å². The zero-order valence-electron chi connectivity index (χ0n) is 20.4. The van der Waals surface area contributed by atoms with Gasteiger partial charge in [-0.15, -0.1) is 0 Å². The summed E-state index contributed by atoms with van der Waals surface area (Å²) in [7, 11) is 7.10. The maximum atomic E-state index is 12.6. The average Bonchev–Trinajstić information content (AvgIpc) is 3.48. The van der Waals surface area contributed by atoms with Crippen LogP contribution in [0.3, 0.4) is 0 Å². The number of nitrogens with two attached hydrogens (primary N) is 1. The first-order chi connectivity index (χ1) is 16.9. The summed E-state index contributed by atoms with van der Waals surface area (Å²) in [6, 6.07) is 5.38. The highest BCUT2D eigenvalue weighted by Gasteiger charge is 2.29. The van der Waals surface area contributed by atoms with Crippen LogP contribution in [0.5, 0.6) is 11.5 Å². The van der Waals surface area contributed by atoms with Crippen molar-refractivity contribution in [2.45, 2.75) is 12.5 Å². The van der Waals surface area contributed by atoms with Crippen LogP contribution >= 0.6 is 0 Å². The van der Waals surface area contributed by atoms with Crippen molar-refractivity contribution in [1.82, 2.24) is 29.5 Å². The minimum atomic E-state index is -0.0366. The predicted molar refractivity (Wildman–Crippen MR) is 133 cm³/mol. The van der Waals surface area contributed by atoms with E-state index in [0.717, 1.165) is 6.42 Å². The molecular weight excluding hydrogens is 446 g/mol. The number of nitrogen functional groups attached to an aromatic ring is 1. The van der Waals surface area contributed by atoms with E-state index in [1.807, 2.05) is 46.8 Å². The van der Waals surface area contributed by atoms with Gasteiger partial charge < -0.3 is 25.0 Å². The van der Waals surface area contributed by atoms with Gasteiger partial charge in [0.2, 0.25) is 5.91 Å². The number of likely N-dealkylation sites (tertiary alicyclic amines) is 1. The van der Waals surface area contributed by atoms with E-state index in [4.69, 9.17) is 20.3 Å². The quantitative estimate of drug-likeness (QED) is 0.424. The number of hydrogen-bond donors (Lipinski definition) is 1. The Balaban J connectivity index is 1.63. The number of ether oxygens (including phenoxy) is 2. The number of carbonyl (C=O) groups excluding carboxylic acids is 1. The van der Waals surface area contributed by atoms with E-state index in [-0.39, 0.29) is 11.9 Å². The standard InChI is InChI=1S/C25H29N7O3/c1-30(2)10-5-6-22(33)31-11-9-18(15-31)32-25-23(24(26)27-16-28-25)21(29-32)8-7-17-12-19(34-3)14-20(13-17)35-4/h5-6,12-14,16,18H,9-11,15H2,1-4H3,(H2,26,27,28). The number of methoxy groups -OCH3 is 2. The highest BCUT2D eigenvalue weighted by molar-refractivity contribution is 5.91. The summed E-state index contributed by atoms with van der Waals surface area (Å²) in [5, 5.41) is 5.35. The molecule has 0 spiro atoms. The van der Waals surface area contributed by atoms with E-state index in [2.05, 4.69) is 21.8 Å². The molecule has 0 saturated carbocycles. The number of carbonyl (C=O) groups is 1. The monoisotopic (exact) mass is 475 g/mol. The van der Waals surface area contributed by atoms with Gasteiger partial charge >= 0.3 is 0 Å². The Labute approximate surface area is 204 Å². The lowest BCUT2D eigenvalue weighted by Crippen LogP contribution is -2.28. The second-order valence-electron chi connectivity index (χ2n) is 8.49. The molecule has 10 heteroatoms. The number of anilines is 1. The summed E-state index contributed by atoms with van der Waals surface area (Å²) < 4.78 is 12.5. The summed E-state index contributed by atoms with van der Waals surface area (Å²) in [5.41, 5.74) is 7.99. The second-order valence-corrected chi connectivity index (χ2v) is 8.49. The van der Waals surface area contributed by atoms with Crippen molar-refractivity contribution in [2.75, 3.05) is 53.7 Å². The summed E-state index contributed by atoms with van der Waals surface area (Å²) in [6.07, 6.45) is 5.67. The normalized spacial score (nSPS) is 15.6. The molecule has 35 heavy (non-hydrogen) atoms. The zero-order valence-corrected chi connectivity index (χ0v) is 20.4. The van der Waals surface area contributed by atoms with Crippen LogP contribution in [0.4, 0.5) is 5.82 Å². The Hall–Kier alpha value is -4.10. The molecule has 4 rings (SSSR count). The first kappa shape index (κ1) is 24.0. The molecule has 0 aliphatic carbocycles. The predicted octanol–water partition coefficient (Wildman–Crippen LogP) is 1.72. The maximum Gasteiger partial charge on any atom is 0.246 e. The Morgan fingerprint density at radius 2 is 1.94 bits per heavy atom. The molecule has 0 radical (unpaired) electrons. The van der Waals surface area contributed by atoms with E-state index in [1.165, 1.54) is 6.33 Å². The molecule has 0 bridgehead atoms. The van der Waals surface area contributed by atoms with Crippen molar-refractivity contribution < 1.29 is 14.3 Å². The molecule has 1 aliphatic rings. The molecule has 1 fully saturated rings. The van der Waals surface area contributed by atoms with Gasteiger partial charge in [0.05, 0.1) is 25.6 Å². The smallest absolute Gasteiger partial charge is 0.246 e. The van der Waals surface area contributed by atoms with Crippen LogP contribution in [0.2, 0.25) is 0 Å². The highest BCUT2D eigenvalue weighted by atomic mass is 16.5. The summed E-state index contributed by atoms with van der Waals surface area (Å²) in [5.74, 6) is 7.82. The Morgan fingerprint density at radius 3 is 2.63 bits per heavy atom. The third-order valence-electron chi connectivity index (χ3n) is 5.75. The largest absolute Gasteiger partial charge is 0.497 e. The number of hydrogen-bond acceptors (Lipinski definition) is 8. The molecule has 1 amide bonds. The molecule has 1 saturated heterocycles. The minimum absolute atomic E-state index is 0.00746. The van der Waals surface area contributed by atoms with Gasteiger partial charge in [-0.1, -0.05) is 12.0 Å². The van der Waals surface area contributed by atoms with Crippen LogP contribution in [0, 0.1) is 11.8 Å². The topological polar surface area (TPSA) is 112 Å². The Morgan fingerprint density at radius 1 is 1.20 bits per heavy atom.